The predicted octanol–water partition coefficient (Wildman–Crippen LogP) is 6.12. The Hall–Kier alpha value is -3.02. The Kier molecular flexibility index (Phi) is 6.14. The molecule has 6 rings (SSSR count). The third-order valence-corrected chi connectivity index (χ3v) is 9.40. The molecule has 4 bridgehead atoms. The molecule has 4 aliphatic rings. The molecule has 0 heterocycles. The summed E-state index contributed by atoms with van der Waals surface area (Å²) in [6.07, 6.45) is 9.35. The van der Waals surface area contributed by atoms with Crippen molar-refractivity contribution < 1.29 is 19.1 Å². The normalized spacial score (nSPS) is 29.8. The van der Waals surface area contributed by atoms with Gasteiger partial charge in [-0.1, -0.05) is 25.0 Å². The highest BCUT2D eigenvalue weighted by Gasteiger charge is 2.44. The molecule has 2 N–H and O–H groups in total. The van der Waals surface area contributed by atoms with Crippen LogP contribution >= 0.6 is 0 Å². The van der Waals surface area contributed by atoms with Crippen LogP contribution in [-0.2, 0) is 9.59 Å². The van der Waals surface area contributed by atoms with E-state index in [-0.39, 0.29) is 23.7 Å². The van der Waals surface area contributed by atoms with E-state index in [2.05, 4.69) is 10.6 Å². The smallest absolute Gasteiger partial charge is 0.227 e. The van der Waals surface area contributed by atoms with Crippen LogP contribution in [0, 0.1) is 35.5 Å². The maximum Gasteiger partial charge on any atom is 0.227 e. The van der Waals surface area contributed by atoms with E-state index in [4.69, 9.17) is 9.47 Å². The van der Waals surface area contributed by atoms with E-state index in [0.717, 1.165) is 35.8 Å². The van der Waals surface area contributed by atoms with Crippen molar-refractivity contribution in [3.8, 4) is 22.6 Å². The number of benzene rings is 2. The number of amides is 2. The first-order chi connectivity index (χ1) is 17.5. The first kappa shape index (κ1) is 23.4. The Balaban J connectivity index is 1.17. The zero-order valence-corrected chi connectivity index (χ0v) is 21.2. The van der Waals surface area contributed by atoms with E-state index in [1.165, 1.54) is 38.5 Å². The molecule has 2 aromatic carbocycles. The Labute approximate surface area is 213 Å². The highest BCUT2D eigenvalue weighted by atomic mass is 16.5. The number of anilines is 2. The van der Waals surface area contributed by atoms with Crippen LogP contribution in [0.25, 0.3) is 11.1 Å². The van der Waals surface area contributed by atoms with Crippen LogP contribution in [0.4, 0.5) is 11.4 Å². The summed E-state index contributed by atoms with van der Waals surface area (Å²) >= 11 is 0. The van der Waals surface area contributed by atoms with Crippen LogP contribution in [0.3, 0.4) is 0 Å². The number of ether oxygens (including phenoxy) is 2. The second kappa shape index (κ2) is 9.45. The molecule has 6 heteroatoms. The molecule has 190 valence electrons. The molecule has 4 aliphatic carbocycles. The first-order valence-corrected chi connectivity index (χ1v) is 13.5. The van der Waals surface area contributed by atoms with Crippen molar-refractivity contribution in [3.63, 3.8) is 0 Å². The van der Waals surface area contributed by atoms with Crippen LogP contribution in [0.15, 0.2) is 36.4 Å². The topological polar surface area (TPSA) is 76.7 Å². The van der Waals surface area contributed by atoms with E-state index < -0.39 is 0 Å². The third kappa shape index (κ3) is 4.25. The van der Waals surface area contributed by atoms with Gasteiger partial charge in [-0.05, 0) is 97.6 Å². The van der Waals surface area contributed by atoms with Gasteiger partial charge in [0.1, 0.15) is 11.5 Å². The minimum Gasteiger partial charge on any atom is -0.495 e. The quantitative estimate of drug-likeness (QED) is 0.492. The number of hydrogen-bond acceptors (Lipinski definition) is 4. The van der Waals surface area contributed by atoms with Crippen LogP contribution in [-0.4, -0.2) is 26.0 Å². The largest absolute Gasteiger partial charge is 0.495 e. The van der Waals surface area contributed by atoms with Gasteiger partial charge in [-0.15, -0.1) is 0 Å². The molecule has 4 saturated carbocycles. The number of hydrogen-bond donors (Lipinski definition) is 2. The highest BCUT2D eigenvalue weighted by Crippen LogP contribution is 2.50. The summed E-state index contributed by atoms with van der Waals surface area (Å²) in [4.78, 5) is 25.9. The molecule has 0 radical (unpaired) electrons. The van der Waals surface area contributed by atoms with Crippen LogP contribution in [0.1, 0.15) is 51.4 Å². The van der Waals surface area contributed by atoms with E-state index >= 15 is 0 Å². The molecule has 0 aliphatic heterocycles. The second-order valence-corrected chi connectivity index (χ2v) is 11.4. The van der Waals surface area contributed by atoms with Crippen molar-refractivity contribution in [3.05, 3.63) is 36.4 Å². The summed E-state index contributed by atoms with van der Waals surface area (Å²) in [5.41, 5.74) is 3.31. The molecular formula is C30H36N2O4. The molecule has 2 aromatic rings. The number of carbonyl (C=O) groups excluding carboxylic acids is 2. The van der Waals surface area contributed by atoms with Gasteiger partial charge >= 0.3 is 0 Å². The monoisotopic (exact) mass is 488 g/mol. The van der Waals surface area contributed by atoms with Gasteiger partial charge in [0.05, 0.1) is 25.6 Å². The van der Waals surface area contributed by atoms with Gasteiger partial charge in [0.15, 0.2) is 0 Å². The van der Waals surface area contributed by atoms with E-state index in [0.29, 0.717) is 34.7 Å². The van der Waals surface area contributed by atoms with Crippen molar-refractivity contribution in [2.75, 3.05) is 24.9 Å². The lowest BCUT2D eigenvalue weighted by Crippen LogP contribution is -2.27. The molecule has 0 aromatic heterocycles. The van der Waals surface area contributed by atoms with Gasteiger partial charge in [0, 0.05) is 11.8 Å². The molecule has 0 spiro atoms. The summed E-state index contributed by atoms with van der Waals surface area (Å²) in [7, 11) is 3.25. The fraction of sp³-hybridized carbons (Fsp3) is 0.533. The molecule has 4 fully saturated rings. The fourth-order valence-corrected chi connectivity index (χ4v) is 7.53. The predicted molar refractivity (Wildman–Crippen MR) is 140 cm³/mol. The Bertz CT molecular complexity index is 1090. The Morgan fingerprint density at radius 3 is 1.44 bits per heavy atom. The number of methoxy groups -OCH3 is 2. The van der Waals surface area contributed by atoms with Crippen LogP contribution in [0.2, 0.25) is 0 Å². The molecule has 6 nitrogen and oxygen atoms in total. The van der Waals surface area contributed by atoms with Crippen LogP contribution < -0.4 is 20.1 Å². The zero-order valence-electron chi connectivity index (χ0n) is 21.2. The lowest BCUT2D eigenvalue weighted by Gasteiger charge is -2.22. The third-order valence-electron chi connectivity index (χ3n) is 9.40. The zero-order chi connectivity index (χ0) is 24.8. The van der Waals surface area contributed by atoms with E-state index in [1.807, 2.05) is 36.4 Å². The molecule has 2 amide bonds. The average Bonchev–Trinajstić information content (AvgIpc) is 3.71. The first-order valence-electron chi connectivity index (χ1n) is 13.5. The number of rotatable bonds is 7. The summed E-state index contributed by atoms with van der Waals surface area (Å²) < 4.78 is 11.3. The van der Waals surface area contributed by atoms with Gasteiger partial charge in [0.2, 0.25) is 11.8 Å². The maximum absolute atomic E-state index is 13.0. The summed E-state index contributed by atoms with van der Waals surface area (Å²) in [5, 5.41) is 6.24. The average molecular weight is 489 g/mol. The SMILES string of the molecule is COc1cc(-c2ccc(NC(=O)[C@@H]3C[C@@H]4CC[C@@H]3C4)c(OC)c2)ccc1NC(=O)[C@@H]1C[C@@H]2CC[C@@H]1C2. The molecule has 0 unspecified atom stereocenters. The minimum atomic E-state index is 0.116. The molecule has 6 atom stereocenters. The standard InChI is InChI=1S/C30H36N2O4/c1-35-27-15-19(7-9-25(27)31-29(33)23-13-17-3-5-21(23)11-17)20-8-10-26(28(16-20)36-2)32-30(34)24-14-18-4-6-22(24)12-18/h7-10,15-18,21-24H,3-6,11-14H2,1-2H3,(H,31,33)(H,32,34)/t17-,18-,21-,22-,23-,24-/m1/s1. The number of fused-ring (bicyclic) bond motifs is 4. The van der Waals surface area contributed by atoms with Gasteiger partial charge in [-0.25, -0.2) is 0 Å². The highest BCUT2D eigenvalue weighted by molar-refractivity contribution is 5.96. The Morgan fingerprint density at radius 2 is 1.11 bits per heavy atom. The van der Waals surface area contributed by atoms with Crippen LogP contribution in [0.5, 0.6) is 11.5 Å². The lowest BCUT2D eigenvalue weighted by molar-refractivity contribution is -0.122. The molecular weight excluding hydrogens is 452 g/mol. The Morgan fingerprint density at radius 1 is 0.667 bits per heavy atom. The number of nitrogens with one attached hydrogen (secondary N) is 2. The van der Waals surface area contributed by atoms with E-state index in [1.54, 1.807) is 14.2 Å². The minimum absolute atomic E-state index is 0.116. The summed E-state index contributed by atoms with van der Waals surface area (Å²) in [5.74, 6) is 4.28. The van der Waals surface area contributed by atoms with E-state index in [9.17, 15) is 9.59 Å². The van der Waals surface area contributed by atoms with Crippen molar-refractivity contribution >= 4 is 23.2 Å². The van der Waals surface area contributed by atoms with Crippen molar-refractivity contribution in [2.24, 2.45) is 35.5 Å². The van der Waals surface area contributed by atoms with Crippen molar-refractivity contribution in [2.45, 2.75) is 51.4 Å². The van der Waals surface area contributed by atoms with Crippen molar-refractivity contribution in [1.82, 2.24) is 0 Å². The van der Waals surface area contributed by atoms with Gasteiger partial charge in [0.25, 0.3) is 0 Å². The summed E-state index contributed by atoms with van der Waals surface area (Å²) in [6.45, 7) is 0. The second-order valence-electron chi connectivity index (χ2n) is 11.4. The van der Waals surface area contributed by atoms with Gasteiger partial charge < -0.3 is 20.1 Å². The number of carbonyl (C=O) groups is 2. The lowest BCUT2D eigenvalue weighted by atomic mass is 9.88. The summed E-state index contributed by atoms with van der Waals surface area (Å²) in [6, 6.07) is 11.7. The molecule has 36 heavy (non-hydrogen) atoms. The maximum atomic E-state index is 13.0. The fourth-order valence-electron chi connectivity index (χ4n) is 7.53. The van der Waals surface area contributed by atoms with Crippen molar-refractivity contribution in [1.29, 1.82) is 0 Å². The van der Waals surface area contributed by atoms with Gasteiger partial charge in [-0.2, -0.15) is 0 Å². The van der Waals surface area contributed by atoms with Gasteiger partial charge in [-0.3, -0.25) is 9.59 Å². The molecule has 0 saturated heterocycles.